The second-order valence-electron chi connectivity index (χ2n) is 5.50. The Morgan fingerprint density at radius 3 is 2.65 bits per heavy atom. The van der Waals surface area contributed by atoms with Crippen LogP contribution in [0.2, 0.25) is 0 Å². The van der Waals surface area contributed by atoms with Crippen molar-refractivity contribution < 1.29 is 8.42 Å². The molecule has 20 heavy (non-hydrogen) atoms. The van der Waals surface area contributed by atoms with Gasteiger partial charge in [-0.05, 0) is 38.3 Å². The van der Waals surface area contributed by atoms with Crippen LogP contribution in [0.15, 0.2) is 24.3 Å². The number of anilines is 1. The Morgan fingerprint density at radius 2 is 2.00 bits per heavy atom. The summed E-state index contributed by atoms with van der Waals surface area (Å²) in [4.78, 5) is 0. The van der Waals surface area contributed by atoms with Gasteiger partial charge in [-0.2, -0.15) is 12.7 Å². The van der Waals surface area contributed by atoms with E-state index in [1.807, 2.05) is 38.1 Å². The summed E-state index contributed by atoms with van der Waals surface area (Å²) in [5, 5.41) is 0. The maximum Gasteiger partial charge on any atom is 0.304 e. The molecule has 0 amide bonds. The first kappa shape index (κ1) is 15.3. The van der Waals surface area contributed by atoms with Crippen LogP contribution in [0.4, 0.5) is 5.69 Å². The van der Waals surface area contributed by atoms with Gasteiger partial charge in [-0.25, -0.2) is 0 Å². The average Bonchev–Trinajstić information content (AvgIpc) is 2.58. The van der Waals surface area contributed by atoms with Crippen LogP contribution < -0.4 is 10.0 Å². The van der Waals surface area contributed by atoms with E-state index < -0.39 is 10.2 Å². The first-order valence-corrected chi connectivity index (χ1v) is 8.35. The molecule has 1 atom stereocenters. The maximum absolute atomic E-state index is 12.8. The fourth-order valence-corrected chi connectivity index (χ4v) is 4.04. The highest BCUT2D eigenvalue weighted by Gasteiger charge is 2.32. The highest BCUT2D eigenvalue weighted by atomic mass is 32.2. The van der Waals surface area contributed by atoms with Crippen molar-refractivity contribution in [2.75, 3.05) is 17.9 Å². The van der Waals surface area contributed by atoms with Crippen LogP contribution in [0.1, 0.15) is 38.3 Å². The van der Waals surface area contributed by atoms with Crippen molar-refractivity contribution in [2.24, 2.45) is 5.73 Å². The lowest BCUT2D eigenvalue weighted by molar-refractivity contribution is 0.408. The molecule has 0 saturated carbocycles. The van der Waals surface area contributed by atoms with Gasteiger partial charge >= 0.3 is 10.2 Å². The highest BCUT2D eigenvalue weighted by molar-refractivity contribution is 7.90. The monoisotopic (exact) mass is 297 g/mol. The number of rotatable bonds is 3. The van der Waals surface area contributed by atoms with Gasteiger partial charge in [0.1, 0.15) is 0 Å². The number of fused-ring (bicyclic) bond motifs is 1. The van der Waals surface area contributed by atoms with E-state index in [4.69, 9.17) is 5.73 Å². The maximum atomic E-state index is 12.8. The number of hydrogen-bond donors (Lipinski definition) is 1. The molecule has 0 radical (unpaired) electrons. The van der Waals surface area contributed by atoms with Crippen molar-refractivity contribution in [2.45, 2.75) is 38.8 Å². The van der Waals surface area contributed by atoms with Crippen molar-refractivity contribution >= 4 is 15.9 Å². The zero-order chi connectivity index (χ0) is 14.9. The molecule has 1 aromatic rings. The molecule has 0 aromatic heterocycles. The van der Waals surface area contributed by atoms with E-state index in [0.717, 1.165) is 18.4 Å². The largest absolute Gasteiger partial charge is 0.324 e. The van der Waals surface area contributed by atoms with Gasteiger partial charge in [-0.1, -0.05) is 18.2 Å². The minimum atomic E-state index is -3.51. The summed E-state index contributed by atoms with van der Waals surface area (Å²) in [7, 11) is -1.89. The summed E-state index contributed by atoms with van der Waals surface area (Å²) in [5.41, 5.74) is 7.77. The predicted molar refractivity (Wildman–Crippen MR) is 81.8 cm³/mol. The number of benzene rings is 1. The average molecular weight is 297 g/mol. The quantitative estimate of drug-likeness (QED) is 0.926. The lowest BCUT2D eigenvalue weighted by atomic mass is 10.0. The lowest BCUT2D eigenvalue weighted by Gasteiger charge is -2.31. The molecule has 0 aliphatic carbocycles. The third-order valence-corrected chi connectivity index (χ3v) is 5.94. The fourth-order valence-electron chi connectivity index (χ4n) is 2.42. The van der Waals surface area contributed by atoms with Crippen LogP contribution in [0.5, 0.6) is 0 Å². The first-order chi connectivity index (χ1) is 9.35. The molecule has 1 heterocycles. The third-order valence-electron chi connectivity index (χ3n) is 3.85. The number of nitrogens with two attached hydrogens (primary N) is 1. The molecular formula is C14H23N3O2S. The van der Waals surface area contributed by atoms with E-state index in [-0.39, 0.29) is 12.1 Å². The van der Waals surface area contributed by atoms with Crippen LogP contribution in [0, 0.1) is 0 Å². The van der Waals surface area contributed by atoms with Crippen LogP contribution >= 0.6 is 0 Å². The Kier molecular flexibility index (Phi) is 4.36. The second-order valence-corrected chi connectivity index (χ2v) is 7.41. The smallest absolute Gasteiger partial charge is 0.304 e. The molecule has 0 fully saturated rings. The molecule has 0 spiro atoms. The highest BCUT2D eigenvalue weighted by Crippen LogP contribution is 2.33. The summed E-state index contributed by atoms with van der Waals surface area (Å²) in [6.45, 7) is 4.21. The molecule has 5 nitrogen and oxygen atoms in total. The van der Waals surface area contributed by atoms with Gasteiger partial charge in [0.05, 0.1) is 5.69 Å². The predicted octanol–water partition coefficient (Wildman–Crippen LogP) is 1.87. The van der Waals surface area contributed by atoms with Gasteiger partial charge < -0.3 is 5.73 Å². The molecular weight excluding hydrogens is 274 g/mol. The number of nitrogens with zero attached hydrogens (tertiary/aromatic N) is 2. The van der Waals surface area contributed by atoms with Gasteiger partial charge in [-0.15, -0.1) is 0 Å². The third kappa shape index (κ3) is 2.68. The molecule has 112 valence electrons. The van der Waals surface area contributed by atoms with Gasteiger partial charge in [0.2, 0.25) is 0 Å². The first-order valence-electron chi connectivity index (χ1n) is 6.96. The summed E-state index contributed by atoms with van der Waals surface area (Å²) in [5.74, 6) is 0. The second kappa shape index (κ2) is 5.71. The molecule has 2 rings (SSSR count). The zero-order valence-electron chi connectivity index (χ0n) is 12.3. The molecule has 1 unspecified atom stereocenters. The minimum absolute atomic E-state index is 0.0795. The van der Waals surface area contributed by atoms with Crippen molar-refractivity contribution in [3.8, 4) is 0 Å². The zero-order valence-corrected chi connectivity index (χ0v) is 13.1. The lowest BCUT2D eigenvalue weighted by Crippen LogP contribution is -2.45. The van der Waals surface area contributed by atoms with Crippen molar-refractivity contribution in [1.29, 1.82) is 0 Å². The fraction of sp³-hybridized carbons (Fsp3) is 0.571. The Balaban J connectivity index is 2.50. The summed E-state index contributed by atoms with van der Waals surface area (Å²) >= 11 is 0. The van der Waals surface area contributed by atoms with E-state index in [1.165, 1.54) is 8.61 Å². The van der Waals surface area contributed by atoms with Gasteiger partial charge in [0.25, 0.3) is 0 Å². The van der Waals surface area contributed by atoms with Gasteiger partial charge in [0.15, 0.2) is 0 Å². The molecule has 2 N–H and O–H groups in total. The Bertz CT molecular complexity index is 572. The van der Waals surface area contributed by atoms with E-state index in [2.05, 4.69) is 0 Å². The standard InChI is InChI=1S/C14H23N3O2S/c1-11(2)16(3)20(18,19)17-10-6-8-13(15)12-7-4-5-9-14(12)17/h4-5,7,9,11,13H,6,8,10,15H2,1-3H3. The van der Waals surface area contributed by atoms with Crippen molar-refractivity contribution in [1.82, 2.24) is 4.31 Å². The molecule has 1 aromatic carbocycles. The van der Waals surface area contributed by atoms with Gasteiger partial charge in [0, 0.05) is 25.7 Å². The summed E-state index contributed by atoms with van der Waals surface area (Å²) in [6, 6.07) is 7.34. The Morgan fingerprint density at radius 1 is 1.35 bits per heavy atom. The Hall–Kier alpha value is -1.11. The normalized spacial score (nSPS) is 20.1. The van der Waals surface area contributed by atoms with E-state index in [0.29, 0.717) is 12.2 Å². The van der Waals surface area contributed by atoms with Crippen molar-refractivity contribution in [3.63, 3.8) is 0 Å². The summed E-state index contributed by atoms with van der Waals surface area (Å²) < 4.78 is 28.4. The SMILES string of the molecule is CC(C)N(C)S(=O)(=O)N1CCCC(N)c2ccccc21. The van der Waals surface area contributed by atoms with Crippen LogP contribution in [-0.2, 0) is 10.2 Å². The number of para-hydroxylation sites is 1. The van der Waals surface area contributed by atoms with Crippen LogP contribution in [0.3, 0.4) is 0 Å². The number of hydrogen-bond acceptors (Lipinski definition) is 3. The summed E-state index contributed by atoms with van der Waals surface area (Å²) in [6.07, 6.45) is 1.56. The van der Waals surface area contributed by atoms with Gasteiger partial charge in [-0.3, -0.25) is 4.31 Å². The Labute approximate surface area is 121 Å². The molecule has 1 aliphatic rings. The van der Waals surface area contributed by atoms with E-state index >= 15 is 0 Å². The van der Waals surface area contributed by atoms with Crippen LogP contribution in [-0.4, -0.2) is 32.4 Å². The molecule has 0 bridgehead atoms. The van der Waals surface area contributed by atoms with Crippen molar-refractivity contribution in [3.05, 3.63) is 29.8 Å². The molecule has 1 aliphatic heterocycles. The minimum Gasteiger partial charge on any atom is -0.324 e. The molecule has 0 saturated heterocycles. The molecule has 6 heteroatoms. The van der Waals surface area contributed by atoms with Crippen LogP contribution in [0.25, 0.3) is 0 Å². The van der Waals surface area contributed by atoms with E-state index in [1.54, 1.807) is 7.05 Å². The van der Waals surface area contributed by atoms with E-state index in [9.17, 15) is 8.42 Å². The topological polar surface area (TPSA) is 66.6 Å².